The van der Waals surface area contributed by atoms with Gasteiger partial charge in [-0.05, 0) is 19.1 Å². The van der Waals surface area contributed by atoms with Crippen molar-refractivity contribution in [3.8, 4) is 0 Å². The van der Waals surface area contributed by atoms with E-state index in [0.29, 0.717) is 6.92 Å². The molecule has 0 bridgehead atoms. The Bertz CT molecular complexity index is 662. The standard InChI is InChI=1S/C16H16F7NO3/c1-3-27-13(26)11(24-12(25)10-7-5-4-6-8-10)9(2)14(17,18)15(19,20)16(21,22)23/h4-9,11H,3H2,1-2H3,(H,24,25). The highest BCUT2D eigenvalue weighted by Gasteiger charge is 2.75. The van der Waals surface area contributed by atoms with Gasteiger partial charge in [0.1, 0.15) is 6.04 Å². The van der Waals surface area contributed by atoms with Gasteiger partial charge in [0.05, 0.1) is 12.5 Å². The number of halogens is 7. The molecular weight excluding hydrogens is 387 g/mol. The van der Waals surface area contributed by atoms with Crippen molar-refractivity contribution in [2.75, 3.05) is 6.61 Å². The second kappa shape index (κ2) is 8.13. The van der Waals surface area contributed by atoms with E-state index in [9.17, 15) is 40.3 Å². The number of esters is 1. The molecule has 1 amide bonds. The van der Waals surface area contributed by atoms with Crippen molar-refractivity contribution in [2.24, 2.45) is 5.92 Å². The van der Waals surface area contributed by atoms with Gasteiger partial charge < -0.3 is 10.1 Å². The Morgan fingerprint density at radius 2 is 1.56 bits per heavy atom. The Kier molecular flexibility index (Phi) is 6.84. The molecule has 0 aliphatic heterocycles. The second-order valence-corrected chi connectivity index (χ2v) is 5.55. The molecule has 0 saturated carbocycles. The van der Waals surface area contributed by atoms with Gasteiger partial charge in [0.15, 0.2) is 0 Å². The smallest absolute Gasteiger partial charge is 0.459 e. The van der Waals surface area contributed by atoms with Crippen LogP contribution in [0.5, 0.6) is 0 Å². The molecule has 4 nitrogen and oxygen atoms in total. The van der Waals surface area contributed by atoms with Gasteiger partial charge in [-0.15, -0.1) is 0 Å². The van der Waals surface area contributed by atoms with Crippen LogP contribution in [0.1, 0.15) is 24.2 Å². The molecule has 0 radical (unpaired) electrons. The fraction of sp³-hybridized carbons (Fsp3) is 0.500. The van der Waals surface area contributed by atoms with Crippen LogP contribution in [0.4, 0.5) is 30.7 Å². The topological polar surface area (TPSA) is 55.4 Å². The molecule has 1 aromatic carbocycles. The summed E-state index contributed by atoms with van der Waals surface area (Å²) < 4.78 is 96.1. The van der Waals surface area contributed by atoms with Crippen molar-refractivity contribution in [3.05, 3.63) is 35.9 Å². The minimum Gasteiger partial charge on any atom is -0.464 e. The van der Waals surface area contributed by atoms with Crippen LogP contribution in [-0.4, -0.2) is 42.5 Å². The number of amides is 1. The molecule has 27 heavy (non-hydrogen) atoms. The highest BCUT2D eigenvalue weighted by atomic mass is 19.4. The summed E-state index contributed by atoms with van der Waals surface area (Å²) >= 11 is 0. The molecule has 1 N–H and O–H groups in total. The molecule has 152 valence electrons. The van der Waals surface area contributed by atoms with Gasteiger partial charge in [-0.2, -0.15) is 30.7 Å². The lowest BCUT2D eigenvalue weighted by Gasteiger charge is -2.35. The lowest BCUT2D eigenvalue weighted by Crippen LogP contribution is -2.61. The number of hydrogen-bond donors (Lipinski definition) is 1. The van der Waals surface area contributed by atoms with Crippen LogP contribution in [0, 0.1) is 5.92 Å². The summed E-state index contributed by atoms with van der Waals surface area (Å²) in [6.07, 6.45) is -6.56. The van der Waals surface area contributed by atoms with Crippen LogP contribution in [0.3, 0.4) is 0 Å². The summed E-state index contributed by atoms with van der Waals surface area (Å²) in [6.45, 7) is 1.19. The highest BCUT2D eigenvalue weighted by Crippen LogP contribution is 2.50. The Labute approximate surface area is 149 Å². The number of nitrogens with one attached hydrogen (secondary N) is 1. The lowest BCUT2D eigenvalue weighted by atomic mass is 9.89. The molecule has 1 rings (SSSR count). The first-order chi connectivity index (χ1) is 12.3. The first kappa shape index (κ1) is 22.7. The number of carbonyl (C=O) groups excluding carboxylic acids is 2. The molecule has 0 heterocycles. The van der Waals surface area contributed by atoms with Crippen molar-refractivity contribution in [1.82, 2.24) is 5.32 Å². The molecule has 1 aromatic rings. The van der Waals surface area contributed by atoms with Crippen molar-refractivity contribution in [2.45, 2.75) is 37.9 Å². The molecule has 0 fully saturated rings. The molecule has 2 unspecified atom stereocenters. The first-order valence-corrected chi connectivity index (χ1v) is 7.62. The fourth-order valence-electron chi connectivity index (χ4n) is 2.12. The van der Waals surface area contributed by atoms with Crippen LogP contribution >= 0.6 is 0 Å². The predicted octanol–water partition coefficient (Wildman–Crippen LogP) is 3.82. The average molecular weight is 403 g/mol. The summed E-state index contributed by atoms with van der Waals surface area (Å²) in [6, 6.07) is 4.31. The van der Waals surface area contributed by atoms with Crippen LogP contribution in [0.2, 0.25) is 0 Å². The Hall–Kier alpha value is -2.33. The molecule has 0 saturated heterocycles. The van der Waals surface area contributed by atoms with Gasteiger partial charge in [0.2, 0.25) is 0 Å². The normalized spacial score (nSPS) is 15.0. The Balaban J connectivity index is 3.23. The number of hydrogen-bond acceptors (Lipinski definition) is 3. The quantitative estimate of drug-likeness (QED) is 0.557. The van der Waals surface area contributed by atoms with E-state index in [0.717, 1.165) is 0 Å². The number of ether oxygens (including phenoxy) is 1. The van der Waals surface area contributed by atoms with E-state index in [1.54, 1.807) is 5.32 Å². The van der Waals surface area contributed by atoms with Crippen molar-refractivity contribution < 1.29 is 45.1 Å². The van der Waals surface area contributed by atoms with Gasteiger partial charge in [-0.1, -0.05) is 25.1 Å². The van der Waals surface area contributed by atoms with Crippen molar-refractivity contribution in [3.63, 3.8) is 0 Å². The summed E-state index contributed by atoms with van der Waals surface area (Å²) in [5, 5.41) is 1.75. The largest absolute Gasteiger partial charge is 0.464 e. The van der Waals surface area contributed by atoms with Crippen LogP contribution in [-0.2, 0) is 9.53 Å². The number of benzene rings is 1. The molecule has 11 heteroatoms. The van der Waals surface area contributed by atoms with E-state index in [1.165, 1.54) is 37.3 Å². The molecular formula is C16H16F7NO3. The SMILES string of the molecule is CCOC(=O)C(NC(=O)c1ccccc1)C(C)C(F)(F)C(F)(F)C(F)(F)F. The Morgan fingerprint density at radius 3 is 2.00 bits per heavy atom. The van der Waals surface area contributed by atoms with E-state index >= 15 is 0 Å². The Morgan fingerprint density at radius 1 is 1.04 bits per heavy atom. The maximum Gasteiger partial charge on any atom is 0.459 e. The third-order valence-electron chi connectivity index (χ3n) is 3.71. The maximum absolute atomic E-state index is 14.0. The number of rotatable bonds is 7. The average Bonchev–Trinajstić information content (AvgIpc) is 2.58. The van der Waals surface area contributed by atoms with Crippen LogP contribution in [0.15, 0.2) is 30.3 Å². The van der Waals surface area contributed by atoms with Gasteiger partial charge >= 0.3 is 24.0 Å². The van der Waals surface area contributed by atoms with E-state index in [4.69, 9.17) is 0 Å². The molecule has 0 aliphatic carbocycles. The summed E-state index contributed by atoms with van der Waals surface area (Å²) in [5.41, 5.74) is -0.120. The zero-order valence-corrected chi connectivity index (χ0v) is 14.1. The van der Waals surface area contributed by atoms with Gasteiger partial charge in [0.25, 0.3) is 5.91 Å². The van der Waals surface area contributed by atoms with Crippen molar-refractivity contribution in [1.29, 1.82) is 0 Å². The third kappa shape index (κ3) is 4.69. The fourth-order valence-corrected chi connectivity index (χ4v) is 2.12. The van der Waals surface area contributed by atoms with E-state index < -0.39 is 41.9 Å². The van der Waals surface area contributed by atoms with E-state index in [-0.39, 0.29) is 12.2 Å². The number of carbonyl (C=O) groups is 2. The maximum atomic E-state index is 14.0. The van der Waals surface area contributed by atoms with Gasteiger partial charge in [-0.3, -0.25) is 4.79 Å². The van der Waals surface area contributed by atoms with Crippen LogP contribution in [0.25, 0.3) is 0 Å². The molecule has 0 aliphatic rings. The highest BCUT2D eigenvalue weighted by molar-refractivity contribution is 5.96. The monoisotopic (exact) mass is 403 g/mol. The summed E-state index contributed by atoms with van der Waals surface area (Å²) in [7, 11) is 0. The summed E-state index contributed by atoms with van der Waals surface area (Å²) in [4.78, 5) is 23.9. The van der Waals surface area contributed by atoms with E-state index in [2.05, 4.69) is 4.74 Å². The van der Waals surface area contributed by atoms with E-state index in [1.807, 2.05) is 0 Å². The number of alkyl halides is 7. The minimum absolute atomic E-state index is 0.120. The zero-order valence-electron chi connectivity index (χ0n) is 14.1. The summed E-state index contributed by atoms with van der Waals surface area (Å²) in [5.74, 6) is -17.7. The third-order valence-corrected chi connectivity index (χ3v) is 3.71. The second-order valence-electron chi connectivity index (χ2n) is 5.55. The zero-order chi connectivity index (χ0) is 21.0. The molecule has 0 aromatic heterocycles. The van der Waals surface area contributed by atoms with Gasteiger partial charge in [0, 0.05) is 5.56 Å². The minimum atomic E-state index is -6.56. The van der Waals surface area contributed by atoms with Gasteiger partial charge in [-0.25, -0.2) is 4.79 Å². The molecule has 2 atom stereocenters. The van der Waals surface area contributed by atoms with Crippen LogP contribution < -0.4 is 5.32 Å². The lowest BCUT2D eigenvalue weighted by molar-refractivity contribution is -0.365. The molecule has 0 spiro atoms. The first-order valence-electron chi connectivity index (χ1n) is 7.62. The van der Waals surface area contributed by atoms with Crippen molar-refractivity contribution >= 4 is 11.9 Å². The predicted molar refractivity (Wildman–Crippen MR) is 79.4 cm³/mol.